The summed E-state index contributed by atoms with van der Waals surface area (Å²) >= 11 is 0. The highest BCUT2D eigenvalue weighted by atomic mass is 32.2. The Morgan fingerprint density at radius 1 is 1.11 bits per heavy atom. The summed E-state index contributed by atoms with van der Waals surface area (Å²) in [6, 6.07) is -0.755. The smallest absolute Gasteiger partial charge is 0.407 e. The second-order valence-corrected chi connectivity index (χ2v) is 10.7. The van der Waals surface area contributed by atoms with Gasteiger partial charge in [-0.05, 0) is 33.3 Å². The van der Waals surface area contributed by atoms with Crippen LogP contribution >= 0.6 is 0 Å². The second-order valence-electron chi connectivity index (χ2n) is 8.76. The van der Waals surface area contributed by atoms with Gasteiger partial charge in [-0.3, -0.25) is 4.79 Å². The molecular formula is C24H39N3O7S. The maximum absolute atomic E-state index is 12.7. The molecule has 11 heteroatoms. The standard InChI is InChI=1S/C24H39N3O7S/c1-7-8-9-10-19(2)21-20(11-14-27(21)35(6,30)31)22(28)25-12-15-32-17-18-33-16-13-26-23(29)34-24(3,4)5/h7-11,21H,2,12-18H2,1,3-6H3,(H,25,28)(H,26,29)/b8-7-,10-9-. The minimum Gasteiger partial charge on any atom is -0.444 e. The molecule has 0 fully saturated rings. The van der Waals surface area contributed by atoms with Crippen molar-refractivity contribution in [2.24, 2.45) is 0 Å². The van der Waals surface area contributed by atoms with Gasteiger partial charge in [-0.25, -0.2) is 13.2 Å². The van der Waals surface area contributed by atoms with E-state index in [1.54, 1.807) is 45.1 Å². The molecule has 198 valence electrons. The maximum Gasteiger partial charge on any atom is 0.407 e. The third-order valence-electron chi connectivity index (χ3n) is 4.55. The average Bonchev–Trinajstić information content (AvgIpc) is 3.20. The molecule has 2 amide bonds. The van der Waals surface area contributed by atoms with E-state index in [1.807, 2.05) is 13.0 Å². The number of sulfonamides is 1. The van der Waals surface area contributed by atoms with Gasteiger partial charge in [-0.1, -0.05) is 37.0 Å². The molecule has 0 radical (unpaired) electrons. The van der Waals surface area contributed by atoms with Crippen molar-refractivity contribution < 1.29 is 32.2 Å². The van der Waals surface area contributed by atoms with E-state index in [2.05, 4.69) is 17.2 Å². The number of ether oxygens (including phenoxy) is 3. The van der Waals surface area contributed by atoms with Gasteiger partial charge in [0.15, 0.2) is 0 Å². The zero-order chi connectivity index (χ0) is 26.5. The number of allylic oxidation sites excluding steroid dienone is 3. The fraction of sp³-hybridized carbons (Fsp3) is 0.583. The Labute approximate surface area is 209 Å². The fourth-order valence-electron chi connectivity index (χ4n) is 3.07. The molecular weight excluding hydrogens is 474 g/mol. The number of hydrogen-bond donors (Lipinski definition) is 2. The highest BCUT2D eigenvalue weighted by molar-refractivity contribution is 7.88. The number of rotatable bonds is 14. The van der Waals surface area contributed by atoms with Crippen LogP contribution in [0.4, 0.5) is 4.79 Å². The molecule has 0 spiro atoms. The molecule has 0 saturated heterocycles. The molecule has 0 saturated carbocycles. The summed E-state index contributed by atoms with van der Waals surface area (Å²) < 4.78 is 41.5. The van der Waals surface area contributed by atoms with E-state index in [-0.39, 0.29) is 25.6 Å². The summed E-state index contributed by atoms with van der Waals surface area (Å²) in [6.07, 6.45) is 9.30. The topological polar surface area (TPSA) is 123 Å². The number of carbonyl (C=O) groups excluding carboxylic acids is 2. The van der Waals surface area contributed by atoms with Crippen molar-refractivity contribution in [1.82, 2.24) is 14.9 Å². The quantitative estimate of drug-likeness (QED) is 0.269. The summed E-state index contributed by atoms with van der Waals surface area (Å²) in [7, 11) is -3.53. The van der Waals surface area contributed by atoms with Crippen molar-refractivity contribution in [2.75, 3.05) is 52.3 Å². The van der Waals surface area contributed by atoms with Crippen LogP contribution in [0.3, 0.4) is 0 Å². The van der Waals surface area contributed by atoms with Gasteiger partial charge in [0, 0.05) is 25.2 Å². The predicted octanol–water partition coefficient (Wildman–Crippen LogP) is 1.92. The first-order valence-electron chi connectivity index (χ1n) is 11.4. The molecule has 0 aliphatic carbocycles. The normalized spacial score (nSPS) is 17.1. The van der Waals surface area contributed by atoms with Crippen LogP contribution in [0.25, 0.3) is 0 Å². The molecule has 1 aliphatic heterocycles. The lowest BCUT2D eigenvalue weighted by atomic mass is 10.0. The SMILES string of the molecule is C=C(/C=C\C=C/C)C1C(C(=O)NCCOCCOCCNC(=O)OC(C)(C)C)=CCN1S(C)(=O)=O. The average molecular weight is 514 g/mol. The first-order valence-corrected chi connectivity index (χ1v) is 13.3. The van der Waals surface area contributed by atoms with E-state index < -0.39 is 27.8 Å². The van der Waals surface area contributed by atoms with Crippen molar-refractivity contribution >= 4 is 22.0 Å². The summed E-state index contributed by atoms with van der Waals surface area (Å²) in [4.78, 5) is 24.2. The first kappa shape index (κ1) is 30.6. The van der Waals surface area contributed by atoms with Gasteiger partial charge >= 0.3 is 6.09 Å². The lowest BCUT2D eigenvalue weighted by Crippen LogP contribution is -2.41. The number of nitrogens with one attached hydrogen (secondary N) is 2. The molecule has 0 aromatic heterocycles. The van der Waals surface area contributed by atoms with E-state index in [1.165, 1.54) is 4.31 Å². The Morgan fingerprint density at radius 3 is 2.26 bits per heavy atom. The van der Waals surface area contributed by atoms with Crippen molar-refractivity contribution in [3.05, 3.63) is 48.1 Å². The Bertz CT molecular complexity index is 918. The van der Waals surface area contributed by atoms with Gasteiger partial charge in [-0.15, -0.1) is 0 Å². The van der Waals surface area contributed by atoms with Crippen molar-refractivity contribution in [2.45, 2.75) is 39.3 Å². The van der Waals surface area contributed by atoms with Crippen LogP contribution in [-0.4, -0.2) is 88.7 Å². The van der Waals surface area contributed by atoms with Crippen molar-refractivity contribution in [3.63, 3.8) is 0 Å². The summed E-state index contributed by atoms with van der Waals surface area (Å²) in [6.45, 7) is 13.1. The van der Waals surface area contributed by atoms with E-state index >= 15 is 0 Å². The molecule has 0 bridgehead atoms. The number of carbonyl (C=O) groups is 2. The fourth-order valence-corrected chi connectivity index (χ4v) is 4.05. The van der Waals surface area contributed by atoms with Crippen molar-refractivity contribution in [3.8, 4) is 0 Å². The number of hydrogen-bond acceptors (Lipinski definition) is 7. The van der Waals surface area contributed by atoms with E-state index in [0.717, 1.165) is 6.26 Å². The Hall–Kier alpha value is -2.47. The minimum atomic E-state index is -3.53. The lowest BCUT2D eigenvalue weighted by Gasteiger charge is -2.25. The van der Waals surface area contributed by atoms with Gasteiger partial charge in [0.05, 0.1) is 38.7 Å². The highest BCUT2D eigenvalue weighted by Gasteiger charge is 2.37. The third kappa shape index (κ3) is 12.2. The molecule has 35 heavy (non-hydrogen) atoms. The van der Waals surface area contributed by atoms with Crippen LogP contribution in [-0.2, 0) is 29.0 Å². The highest BCUT2D eigenvalue weighted by Crippen LogP contribution is 2.27. The van der Waals surface area contributed by atoms with Crippen LogP contribution < -0.4 is 10.6 Å². The van der Waals surface area contributed by atoms with E-state index in [4.69, 9.17) is 14.2 Å². The van der Waals surface area contributed by atoms with Crippen LogP contribution in [0.5, 0.6) is 0 Å². The Balaban J connectivity index is 2.34. The number of alkyl carbamates (subject to hydrolysis) is 1. The van der Waals surface area contributed by atoms with Gasteiger partial charge in [-0.2, -0.15) is 4.31 Å². The predicted molar refractivity (Wildman–Crippen MR) is 135 cm³/mol. The van der Waals surface area contributed by atoms with Gasteiger partial charge in [0.1, 0.15) is 5.60 Å². The monoisotopic (exact) mass is 513 g/mol. The van der Waals surface area contributed by atoms with Gasteiger partial charge < -0.3 is 24.8 Å². The molecule has 0 aromatic rings. The molecule has 1 unspecified atom stereocenters. The first-order chi connectivity index (χ1) is 16.4. The van der Waals surface area contributed by atoms with Gasteiger partial charge in [0.25, 0.3) is 0 Å². The second kappa shape index (κ2) is 14.8. The molecule has 0 aromatic carbocycles. The molecule has 2 N–H and O–H groups in total. The number of nitrogens with zero attached hydrogens (tertiary/aromatic N) is 1. The van der Waals surface area contributed by atoms with Crippen LogP contribution in [0.1, 0.15) is 27.7 Å². The van der Waals surface area contributed by atoms with Crippen molar-refractivity contribution in [1.29, 1.82) is 0 Å². The zero-order valence-electron chi connectivity index (χ0n) is 21.3. The largest absolute Gasteiger partial charge is 0.444 e. The molecule has 1 aliphatic rings. The van der Waals surface area contributed by atoms with Crippen LogP contribution in [0, 0.1) is 0 Å². The van der Waals surface area contributed by atoms with E-state index in [0.29, 0.717) is 37.5 Å². The minimum absolute atomic E-state index is 0.110. The van der Waals surface area contributed by atoms with Crippen LogP contribution in [0.15, 0.2) is 48.1 Å². The Kier molecular flexibility index (Phi) is 12.9. The molecule has 1 atom stereocenters. The van der Waals surface area contributed by atoms with Gasteiger partial charge in [0.2, 0.25) is 15.9 Å². The lowest BCUT2D eigenvalue weighted by molar-refractivity contribution is -0.118. The third-order valence-corrected chi connectivity index (χ3v) is 5.76. The zero-order valence-corrected chi connectivity index (χ0v) is 22.2. The molecule has 1 heterocycles. The van der Waals surface area contributed by atoms with Crippen LogP contribution in [0.2, 0.25) is 0 Å². The Morgan fingerprint density at radius 2 is 1.71 bits per heavy atom. The maximum atomic E-state index is 12.7. The summed E-state index contributed by atoms with van der Waals surface area (Å²) in [5.74, 6) is -0.366. The van der Waals surface area contributed by atoms with E-state index in [9.17, 15) is 18.0 Å². The molecule has 1 rings (SSSR count). The summed E-state index contributed by atoms with van der Waals surface area (Å²) in [5, 5.41) is 5.35. The summed E-state index contributed by atoms with van der Waals surface area (Å²) in [5.41, 5.74) is 0.293. The molecule has 10 nitrogen and oxygen atoms in total. The number of amides is 2.